The molecule has 2 amide bonds. The maximum Gasteiger partial charge on any atom is 0.319 e. The van der Waals surface area contributed by atoms with Gasteiger partial charge in [0.2, 0.25) is 5.88 Å². The second-order valence-electron chi connectivity index (χ2n) is 9.96. The van der Waals surface area contributed by atoms with E-state index in [0.29, 0.717) is 18.1 Å². The molecule has 3 N–H and O–H groups in total. The zero-order valence-electron chi connectivity index (χ0n) is 22.2. The monoisotopic (exact) mass is 505 g/mol. The number of benzene rings is 1. The van der Waals surface area contributed by atoms with Gasteiger partial charge in [-0.1, -0.05) is 25.1 Å². The van der Waals surface area contributed by atoms with Gasteiger partial charge in [-0.05, 0) is 69.6 Å². The number of ether oxygens (including phenoxy) is 1. The number of likely N-dealkylation sites (N-methyl/N-ethyl adjacent to an activating group) is 1. The molecule has 1 aliphatic carbocycles. The van der Waals surface area contributed by atoms with E-state index >= 15 is 0 Å². The number of aromatic nitrogens is 2. The minimum atomic E-state index is -0.511. The fraction of sp³-hybridized carbons (Fsp3) is 0.464. The van der Waals surface area contributed by atoms with Crippen LogP contribution in [0.2, 0.25) is 0 Å². The first-order valence-corrected chi connectivity index (χ1v) is 13.1. The van der Waals surface area contributed by atoms with Crippen molar-refractivity contribution in [3.8, 4) is 5.88 Å². The number of hydrogen-bond donors (Lipinski definition) is 3. The van der Waals surface area contributed by atoms with Crippen molar-refractivity contribution in [2.75, 3.05) is 56.9 Å². The third kappa shape index (κ3) is 8.30. The largest absolute Gasteiger partial charge is 0.439 e. The Bertz CT molecular complexity index is 1090. The lowest BCUT2D eigenvalue weighted by molar-refractivity contribution is 0.154. The third-order valence-corrected chi connectivity index (χ3v) is 6.78. The summed E-state index contributed by atoms with van der Waals surface area (Å²) in [7, 11) is 2.18. The highest BCUT2D eigenvalue weighted by atomic mass is 16.5. The molecule has 1 aliphatic heterocycles. The smallest absolute Gasteiger partial charge is 0.319 e. The molecule has 1 atom stereocenters. The SMILES string of the molecule is CCc1ccc(NC(=O)NC2(C)C=CC(Oc3cc(NCCCN4CCN(C)CC4)ncn3)=CC2)cc1. The number of anilines is 2. The molecule has 2 aliphatic rings. The van der Waals surface area contributed by atoms with Crippen LogP contribution < -0.4 is 20.7 Å². The molecule has 1 aromatic heterocycles. The molecule has 0 spiro atoms. The number of aryl methyl sites for hydroxylation is 1. The van der Waals surface area contributed by atoms with E-state index in [-0.39, 0.29) is 6.03 Å². The Labute approximate surface area is 220 Å². The van der Waals surface area contributed by atoms with E-state index in [1.54, 1.807) is 0 Å². The molecule has 37 heavy (non-hydrogen) atoms. The maximum absolute atomic E-state index is 12.5. The molecule has 1 saturated heterocycles. The van der Waals surface area contributed by atoms with E-state index in [9.17, 15) is 4.79 Å². The molecule has 2 aromatic rings. The third-order valence-electron chi connectivity index (χ3n) is 6.78. The Balaban J connectivity index is 1.20. The number of nitrogens with one attached hydrogen (secondary N) is 3. The molecule has 198 valence electrons. The average Bonchev–Trinajstić information content (AvgIpc) is 2.90. The molecule has 0 saturated carbocycles. The molecular formula is C28H39N7O2. The first kappa shape index (κ1) is 26.6. The number of allylic oxidation sites excluding steroid dienone is 1. The van der Waals surface area contributed by atoms with Gasteiger partial charge in [0.1, 0.15) is 17.9 Å². The number of piperazine rings is 1. The lowest BCUT2D eigenvalue weighted by Gasteiger charge is -2.32. The normalized spacial score (nSPS) is 20.2. The van der Waals surface area contributed by atoms with E-state index in [0.717, 1.165) is 63.6 Å². The van der Waals surface area contributed by atoms with Crippen LogP contribution >= 0.6 is 0 Å². The molecule has 0 bridgehead atoms. The van der Waals surface area contributed by atoms with E-state index in [1.807, 2.05) is 55.5 Å². The fourth-order valence-electron chi connectivity index (χ4n) is 4.33. The topological polar surface area (TPSA) is 94.6 Å². The van der Waals surface area contributed by atoms with E-state index in [4.69, 9.17) is 4.74 Å². The molecular weight excluding hydrogens is 466 g/mol. The fourth-order valence-corrected chi connectivity index (χ4v) is 4.33. The van der Waals surface area contributed by atoms with Gasteiger partial charge in [0.25, 0.3) is 0 Å². The zero-order valence-corrected chi connectivity index (χ0v) is 22.2. The lowest BCUT2D eigenvalue weighted by Crippen LogP contribution is -2.46. The van der Waals surface area contributed by atoms with Crippen LogP contribution in [-0.2, 0) is 6.42 Å². The highest BCUT2D eigenvalue weighted by Crippen LogP contribution is 2.23. The number of rotatable bonds is 10. The molecule has 2 heterocycles. The molecule has 4 rings (SSSR count). The number of carbonyl (C=O) groups excluding carboxylic acids is 1. The van der Waals surface area contributed by atoms with Crippen LogP contribution in [0.1, 0.15) is 32.3 Å². The van der Waals surface area contributed by atoms with Crippen LogP contribution in [0.25, 0.3) is 0 Å². The van der Waals surface area contributed by atoms with Crippen LogP contribution in [0.5, 0.6) is 5.88 Å². The van der Waals surface area contributed by atoms with Gasteiger partial charge in [0.15, 0.2) is 0 Å². The molecule has 1 unspecified atom stereocenters. The van der Waals surface area contributed by atoms with Crippen LogP contribution in [-0.4, -0.2) is 77.7 Å². The van der Waals surface area contributed by atoms with E-state index in [2.05, 4.69) is 49.7 Å². The second kappa shape index (κ2) is 12.7. The number of amides is 2. The maximum atomic E-state index is 12.5. The van der Waals surface area contributed by atoms with Gasteiger partial charge >= 0.3 is 6.03 Å². The van der Waals surface area contributed by atoms with Crippen molar-refractivity contribution < 1.29 is 9.53 Å². The van der Waals surface area contributed by atoms with Gasteiger partial charge < -0.3 is 30.5 Å². The van der Waals surface area contributed by atoms with Gasteiger partial charge in [-0.2, -0.15) is 0 Å². The number of urea groups is 1. The molecule has 1 aromatic carbocycles. The highest BCUT2D eigenvalue weighted by molar-refractivity contribution is 5.90. The minimum absolute atomic E-state index is 0.242. The summed E-state index contributed by atoms with van der Waals surface area (Å²) >= 11 is 0. The van der Waals surface area contributed by atoms with E-state index < -0.39 is 5.54 Å². The molecule has 9 heteroatoms. The summed E-state index contributed by atoms with van der Waals surface area (Å²) in [4.78, 5) is 26.0. The Kier molecular flexibility index (Phi) is 9.14. The summed E-state index contributed by atoms with van der Waals surface area (Å²) in [6, 6.07) is 9.45. The van der Waals surface area contributed by atoms with Crippen molar-refractivity contribution >= 4 is 17.5 Å². The molecule has 1 fully saturated rings. The number of carbonyl (C=O) groups is 1. The van der Waals surface area contributed by atoms with Gasteiger partial charge in [-0.3, -0.25) is 0 Å². The minimum Gasteiger partial charge on any atom is -0.439 e. The predicted octanol–water partition coefficient (Wildman–Crippen LogP) is 3.89. The van der Waals surface area contributed by atoms with Gasteiger partial charge in [0, 0.05) is 44.5 Å². The van der Waals surface area contributed by atoms with Crippen molar-refractivity contribution in [2.45, 2.75) is 38.6 Å². The van der Waals surface area contributed by atoms with Crippen molar-refractivity contribution in [3.05, 3.63) is 66.2 Å². The van der Waals surface area contributed by atoms with Crippen LogP contribution in [0.4, 0.5) is 16.3 Å². The zero-order chi connectivity index (χ0) is 26.1. The van der Waals surface area contributed by atoms with Crippen LogP contribution in [0.3, 0.4) is 0 Å². The number of hydrogen-bond acceptors (Lipinski definition) is 7. The number of nitrogens with zero attached hydrogens (tertiary/aromatic N) is 4. The van der Waals surface area contributed by atoms with Gasteiger partial charge in [-0.15, -0.1) is 0 Å². The van der Waals surface area contributed by atoms with Crippen molar-refractivity contribution in [1.82, 2.24) is 25.1 Å². The highest BCUT2D eigenvalue weighted by Gasteiger charge is 2.25. The first-order valence-electron chi connectivity index (χ1n) is 13.1. The van der Waals surface area contributed by atoms with E-state index in [1.165, 1.54) is 11.9 Å². The van der Waals surface area contributed by atoms with Gasteiger partial charge in [0.05, 0.1) is 5.54 Å². The Morgan fingerprint density at radius 1 is 1.14 bits per heavy atom. The predicted molar refractivity (Wildman–Crippen MR) is 148 cm³/mol. The summed E-state index contributed by atoms with van der Waals surface area (Å²) in [5.74, 6) is 1.92. The van der Waals surface area contributed by atoms with Crippen molar-refractivity contribution in [3.63, 3.8) is 0 Å². The lowest BCUT2D eigenvalue weighted by atomic mass is 9.93. The first-order chi connectivity index (χ1) is 17.9. The van der Waals surface area contributed by atoms with Gasteiger partial charge in [-0.25, -0.2) is 14.8 Å². The Hall–Kier alpha value is -3.43. The standard InChI is InChI=1S/C28H39N7O2/c1-4-22-6-8-23(9-7-22)32-27(36)33-28(2)12-10-24(11-13-28)37-26-20-25(30-21-31-26)29-14-5-15-35-18-16-34(3)17-19-35/h6-12,20-21H,4-5,13-19H2,1-3H3,(H,29,30,31)(H2,32,33,36). The van der Waals surface area contributed by atoms with Crippen molar-refractivity contribution in [1.29, 1.82) is 0 Å². The van der Waals surface area contributed by atoms with Crippen molar-refractivity contribution in [2.24, 2.45) is 0 Å². The summed E-state index contributed by atoms with van der Waals surface area (Å²) < 4.78 is 5.97. The summed E-state index contributed by atoms with van der Waals surface area (Å²) in [6.07, 6.45) is 9.91. The quantitative estimate of drug-likeness (QED) is 0.422. The average molecular weight is 506 g/mol. The second-order valence-corrected chi connectivity index (χ2v) is 9.96. The Morgan fingerprint density at radius 2 is 1.92 bits per heavy atom. The van der Waals surface area contributed by atoms with Crippen LogP contribution in [0, 0.1) is 0 Å². The summed E-state index contributed by atoms with van der Waals surface area (Å²) in [6.45, 7) is 10.6. The molecule has 9 nitrogen and oxygen atoms in total. The Morgan fingerprint density at radius 3 is 2.62 bits per heavy atom. The molecule has 0 radical (unpaired) electrons. The summed E-state index contributed by atoms with van der Waals surface area (Å²) in [5, 5.41) is 9.31. The summed E-state index contributed by atoms with van der Waals surface area (Å²) in [5.41, 5.74) is 1.49. The van der Waals surface area contributed by atoms with Crippen LogP contribution in [0.15, 0.2) is 60.6 Å².